The van der Waals surface area contributed by atoms with Gasteiger partial charge in [-0.1, -0.05) is 5.16 Å². The van der Waals surface area contributed by atoms with Crippen molar-refractivity contribution in [2.75, 3.05) is 20.8 Å². The van der Waals surface area contributed by atoms with E-state index in [9.17, 15) is 0 Å². The summed E-state index contributed by atoms with van der Waals surface area (Å²) in [5, 5.41) is 7.31. The number of rotatable bonds is 6. The second-order valence-corrected chi connectivity index (χ2v) is 5.41. The lowest BCUT2D eigenvalue weighted by atomic mass is 9.89. The van der Waals surface area contributed by atoms with Gasteiger partial charge in [0.15, 0.2) is 5.82 Å². The Balaban J connectivity index is 1.63. The van der Waals surface area contributed by atoms with Crippen LogP contribution in [0.3, 0.4) is 0 Å². The minimum absolute atomic E-state index is 0.203. The van der Waals surface area contributed by atoms with Crippen molar-refractivity contribution in [1.29, 1.82) is 0 Å². The molecule has 2 fully saturated rings. The van der Waals surface area contributed by atoms with Gasteiger partial charge < -0.3 is 19.3 Å². The Morgan fingerprint density at radius 2 is 2.37 bits per heavy atom. The van der Waals surface area contributed by atoms with Crippen molar-refractivity contribution in [2.24, 2.45) is 0 Å². The van der Waals surface area contributed by atoms with Crippen LogP contribution in [0.4, 0.5) is 0 Å². The van der Waals surface area contributed by atoms with Gasteiger partial charge in [0.1, 0.15) is 0 Å². The van der Waals surface area contributed by atoms with E-state index in [4.69, 9.17) is 14.0 Å². The molecular formula is C13H21N3O3. The highest BCUT2D eigenvalue weighted by Crippen LogP contribution is 2.43. The highest BCUT2D eigenvalue weighted by molar-refractivity contribution is 5.07. The van der Waals surface area contributed by atoms with Crippen LogP contribution >= 0.6 is 0 Å². The zero-order chi connectivity index (χ0) is 13.2. The number of hydrogen-bond donors (Lipinski definition) is 1. The molecule has 2 aliphatic rings. The molecule has 6 heteroatoms. The monoisotopic (exact) mass is 267 g/mol. The molecule has 19 heavy (non-hydrogen) atoms. The lowest BCUT2D eigenvalue weighted by Gasteiger charge is -2.14. The maximum absolute atomic E-state index is 5.84. The fourth-order valence-corrected chi connectivity index (χ4v) is 3.07. The van der Waals surface area contributed by atoms with E-state index in [-0.39, 0.29) is 6.04 Å². The molecule has 1 N–H and O–H groups in total. The highest BCUT2D eigenvalue weighted by Gasteiger charge is 2.43. The predicted molar refractivity (Wildman–Crippen MR) is 68.0 cm³/mol. The summed E-state index contributed by atoms with van der Waals surface area (Å²) in [6.07, 6.45) is 4.75. The first-order valence-corrected chi connectivity index (χ1v) is 6.94. The fourth-order valence-electron chi connectivity index (χ4n) is 3.07. The molecule has 2 bridgehead atoms. The molecule has 0 saturated carbocycles. The Morgan fingerprint density at radius 1 is 1.47 bits per heavy atom. The molecule has 0 amide bonds. The fraction of sp³-hybridized carbons (Fsp3) is 0.846. The first kappa shape index (κ1) is 13.0. The average molecular weight is 267 g/mol. The zero-order valence-corrected chi connectivity index (χ0v) is 11.5. The van der Waals surface area contributed by atoms with Crippen LogP contribution in [0.15, 0.2) is 4.52 Å². The van der Waals surface area contributed by atoms with Gasteiger partial charge in [0.2, 0.25) is 5.89 Å². The Kier molecular flexibility index (Phi) is 3.81. The van der Waals surface area contributed by atoms with Gasteiger partial charge in [-0.15, -0.1) is 0 Å². The van der Waals surface area contributed by atoms with E-state index in [0.29, 0.717) is 37.0 Å². The number of fused-ring (bicyclic) bond motifs is 2. The standard InChI is InChI=1S/C13H21N3O3/c1-14-8(7-17-2)5-12-15-13(16-19-12)10-6-9-3-4-11(10)18-9/h8-11,14H,3-7H2,1-2H3. The molecule has 0 spiro atoms. The van der Waals surface area contributed by atoms with Gasteiger partial charge in [-0.05, 0) is 26.3 Å². The van der Waals surface area contributed by atoms with E-state index in [1.165, 1.54) is 6.42 Å². The largest absolute Gasteiger partial charge is 0.383 e. The molecule has 2 aliphatic heterocycles. The van der Waals surface area contributed by atoms with Gasteiger partial charge in [-0.25, -0.2) is 0 Å². The number of aromatic nitrogens is 2. The molecule has 2 saturated heterocycles. The predicted octanol–water partition coefficient (Wildman–Crippen LogP) is 0.881. The summed E-state index contributed by atoms with van der Waals surface area (Å²) in [6.45, 7) is 0.630. The quantitative estimate of drug-likeness (QED) is 0.825. The number of hydrogen-bond acceptors (Lipinski definition) is 6. The molecule has 6 nitrogen and oxygen atoms in total. The molecule has 0 aliphatic carbocycles. The summed E-state index contributed by atoms with van der Waals surface area (Å²) in [4.78, 5) is 4.53. The van der Waals surface area contributed by atoms with E-state index >= 15 is 0 Å². The molecule has 3 heterocycles. The van der Waals surface area contributed by atoms with Gasteiger partial charge in [0.05, 0.1) is 24.7 Å². The summed E-state index contributed by atoms with van der Waals surface area (Å²) < 4.78 is 16.3. The number of ether oxygens (including phenoxy) is 2. The minimum Gasteiger partial charge on any atom is -0.383 e. The molecule has 0 aromatic carbocycles. The number of nitrogens with zero attached hydrogens (tertiary/aromatic N) is 2. The van der Waals surface area contributed by atoms with E-state index in [2.05, 4.69) is 15.5 Å². The van der Waals surface area contributed by atoms with Crippen LogP contribution in [0.2, 0.25) is 0 Å². The topological polar surface area (TPSA) is 69.4 Å². The zero-order valence-electron chi connectivity index (χ0n) is 11.5. The molecule has 106 valence electrons. The van der Waals surface area contributed by atoms with Crippen molar-refractivity contribution in [3.8, 4) is 0 Å². The third kappa shape index (κ3) is 2.66. The SMILES string of the molecule is CNC(COC)Cc1nc(C2CC3CCC2O3)no1. The van der Waals surface area contributed by atoms with Crippen molar-refractivity contribution in [1.82, 2.24) is 15.5 Å². The van der Waals surface area contributed by atoms with Crippen molar-refractivity contribution in [3.63, 3.8) is 0 Å². The van der Waals surface area contributed by atoms with Crippen LogP contribution in [0.1, 0.15) is 36.9 Å². The molecule has 1 aromatic rings. The second-order valence-electron chi connectivity index (χ2n) is 5.41. The second kappa shape index (κ2) is 5.56. The average Bonchev–Trinajstić information content (AvgIpc) is 3.13. The summed E-state index contributed by atoms with van der Waals surface area (Å²) in [7, 11) is 3.60. The number of likely N-dealkylation sites (N-methyl/N-ethyl adjacent to an activating group) is 1. The Labute approximate surface area is 112 Å². The van der Waals surface area contributed by atoms with Crippen LogP contribution in [-0.2, 0) is 15.9 Å². The first-order chi connectivity index (χ1) is 9.30. The molecule has 0 radical (unpaired) electrons. The Bertz CT molecular complexity index is 423. The molecular weight excluding hydrogens is 246 g/mol. The van der Waals surface area contributed by atoms with Crippen LogP contribution in [0.5, 0.6) is 0 Å². The minimum atomic E-state index is 0.203. The van der Waals surface area contributed by atoms with E-state index in [0.717, 1.165) is 18.7 Å². The highest BCUT2D eigenvalue weighted by atomic mass is 16.5. The van der Waals surface area contributed by atoms with Crippen LogP contribution in [0, 0.1) is 0 Å². The molecule has 4 unspecified atom stereocenters. The van der Waals surface area contributed by atoms with E-state index in [1.54, 1.807) is 7.11 Å². The molecule has 4 atom stereocenters. The van der Waals surface area contributed by atoms with Crippen LogP contribution < -0.4 is 5.32 Å². The third-order valence-corrected chi connectivity index (χ3v) is 4.12. The molecule has 3 rings (SSSR count). The maximum atomic E-state index is 5.84. The third-order valence-electron chi connectivity index (χ3n) is 4.12. The number of methoxy groups -OCH3 is 1. The van der Waals surface area contributed by atoms with Gasteiger partial charge >= 0.3 is 0 Å². The van der Waals surface area contributed by atoms with E-state index < -0.39 is 0 Å². The van der Waals surface area contributed by atoms with Crippen molar-refractivity contribution >= 4 is 0 Å². The lowest BCUT2D eigenvalue weighted by molar-refractivity contribution is 0.0996. The van der Waals surface area contributed by atoms with Gasteiger partial charge in [0.25, 0.3) is 0 Å². The summed E-state index contributed by atoms with van der Waals surface area (Å²) >= 11 is 0. The summed E-state index contributed by atoms with van der Waals surface area (Å²) in [6, 6.07) is 0.203. The van der Waals surface area contributed by atoms with Crippen molar-refractivity contribution < 1.29 is 14.0 Å². The van der Waals surface area contributed by atoms with Crippen molar-refractivity contribution in [3.05, 3.63) is 11.7 Å². The summed E-state index contributed by atoms with van der Waals surface area (Å²) in [5.74, 6) is 1.82. The molecule has 1 aromatic heterocycles. The van der Waals surface area contributed by atoms with Gasteiger partial charge in [-0.2, -0.15) is 4.98 Å². The van der Waals surface area contributed by atoms with Crippen LogP contribution in [-0.4, -0.2) is 49.2 Å². The number of nitrogens with one attached hydrogen (secondary N) is 1. The smallest absolute Gasteiger partial charge is 0.228 e. The Hall–Kier alpha value is -0.980. The lowest BCUT2D eigenvalue weighted by Crippen LogP contribution is -2.32. The van der Waals surface area contributed by atoms with Gasteiger partial charge in [0, 0.05) is 19.6 Å². The normalized spacial score (nSPS) is 30.9. The van der Waals surface area contributed by atoms with Crippen LogP contribution in [0.25, 0.3) is 0 Å². The van der Waals surface area contributed by atoms with E-state index in [1.807, 2.05) is 7.05 Å². The van der Waals surface area contributed by atoms with Crippen molar-refractivity contribution in [2.45, 2.75) is 49.9 Å². The first-order valence-electron chi connectivity index (χ1n) is 6.94. The maximum Gasteiger partial charge on any atom is 0.228 e. The van der Waals surface area contributed by atoms with Gasteiger partial charge in [-0.3, -0.25) is 0 Å². The summed E-state index contributed by atoms with van der Waals surface area (Å²) in [5.41, 5.74) is 0. The Morgan fingerprint density at radius 3 is 3.00 bits per heavy atom.